The predicted molar refractivity (Wildman–Crippen MR) is 77.9 cm³/mol. The summed E-state index contributed by atoms with van der Waals surface area (Å²) in [5, 5.41) is 6.03. The number of methoxy groups -OCH3 is 1. The number of nitrogens with one attached hydrogen (secondary N) is 2. The van der Waals surface area contributed by atoms with Crippen molar-refractivity contribution in [3.63, 3.8) is 0 Å². The van der Waals surface area contributed by atoms with Gasteiger partial charge in [0.15, 0.2) is 0 Å². The number of ether oxygens (including phenoxy) is 1. The van der Waals surface area contributed by atoms with Crippen molar-refractivity contribution in [1.29, 1.82) is 0 Å². The molecular weight excluding hydrogens is 280 g/mol. The minimum absolute atomic E-state index is 0.0422. The number of halogens is 1. The van der Waals surface area contributed by atoms with E-state index in [1.165, 1.54) is 0 Å². The van der Waals surface area contributed by atoms with Gasteiger partial charge in [0.05, 0.1) is 6.61 Å². The van der Waals surface area contributed by atoms with E-state index in [2.05, 4.69) is 10.6 Å². The molecule has 5 nitrogen and oxygen atoms in total. The number of hydrogen-bond donors (Lipinski definition) is 2. The topological polar surface area (TPSA) is 67.4 Å². The minimum Gasteiger partial charge on any atom is -0.383 e. The van der Waals surface area contributed by atoms with Gasteiger partial charge in [-0.3, -0.25) is 9.59 Å². The van der Waals surface area contributed by atoms with Crippen molar-refractivity contribution in [3.05, 3.63) is 34.9 Å². The van der Waals surface area contributed by atoms with Crippen LogP contribution in [0.15, 0.2) is 24.3 Å². The number of benzene rings is 1. The number of carbonyl (C=O) groups is 2. The van der Waals surface area contributed by atoms with E-state index >= 15 is 0 Å². The molecule has 1 rings (SSSR count). The van der Waals surface area contributed by atoms with Crippen LogP contribution in [-0.2, 0) is 9.53 Å². The monoisotopic (exact) mass is 298 g/mol. The maximum atomic E-state index is 11.8. The molecule has 2 N–H and O–H groups in total. The predicted octanol–water partition coefficient (Wildman–Crippen LogP) is 1.61. The zero-order valence-corrected chi connectivity index (χ0v) is 12.4. The molecule has 0 saturated carbocycles. The highest BCUT2D eigenvalue weighted by molar-refractivity contribution is 6.30. The number of rotatable bonds is 7. The second-order valence-electron chi connectivity index (χ2n) is 4.44. The van der Waals surface area contributed by atoms with E-state index < -0.39 is 0 Å². The number of amides is 2. The van der Waals surface area contributed by atoms with Crippen LogP contribution in [0.3, 0.4) is 0 Å². The Balaban J connectivity index is 2.28. The van der Waals surface area contributed by atoms with Crippen LogP contribution in [0.1, 0.15) is 23.7 Å². The van der Waals surface area contributed by atoms with Crippen LogP contribution in [-0.4, -0.2) is 38.1 Å². The van der Waals surface area contributed by atoms with Gasteiger partial charge in [0, 0.05) is 36.7 Å². The Morgan fingerprint density at radius 1 is 1.30 bits per heavy atom. The highest BCUT2D eigenvalue weighted by Crippen LogP contribution is 2.09. The van der Waals surface area contributed by atoms with Gasteiger partial charge in [-0.05, 0) is 31.2 Å². The fourth-order valence-electron chi connectivity index (χ4n) is 1.63. The largest absolute Gasteiger partial charge is 0.383 e. The summed E-state index contributed by atoms with van der Waals surface area (Å²) in [5.41, 5.74) is 0.516. The van der Waals surface area contributed by atoms with Gasteiger partial charge in [-0.25, -0.2) is 0 Å². The van der Waals surface area contributed by atoms with E-state index in [1.807, 2.05) is 6.92 Å². The van der Waals surface area contributed by atoms with Crippen molar-refractivity contribution in [2.24, 2.45) is 0 Å². The average Bonchev–Trinajstić information content (AvgIpc) is 2.39. The summed E-state index contributed by atoms with van der Waals surface area (Å²) in [6, 6.07) is 6.53. The van der Waals surface area contributed by atoms with E-state index in [1.54, 1.807) is 31.4 Å². The second kappa shape index (κ2) is 8.55. The van der Waals surface area contributed by atoms with Crippen LogP contribution >= 0.6 is 11.6 Å². The molecule has 20 heavy (non-hydrogen) atoms. The Labute approximate surface area is 123 Å². The van der Waals surface area contributed by atoms with Crippen LogP contribution in [0.2, 0.25) is 5.02 Å². The van der Waals surface area contributed by atoms with Gasteiger partial charge in [-0.1, -0.05) is 11.6 Å². The van der Waals surface area contributed by atoms with Crippen LogP contribution < -0.4 is 10.6 Å². The summed E-state index contributed by atoms with van der Waals surface area (Å²) >= 11 is 5.74. The first-order valence-electron chi connectivity index (χ1n) is 6.35. The third kappa shape index (κ3) is 6.04. The molecule has 1 atom stereocenters. The van der Waals surface area contributed by atoms with Crippen molar-refractivity contribution in [1.82, 2.24) is 10.6 Å². The summed E-state index contributed by atoms with van der Waals surface area (Å²) in [5.74, 6) is -0.342. The lowest BCUT2D eigenvalue weighted by Gasteiger charge is -2.12. The molecule has 0 aliphatic rings. The van der Waals surface area contributed by atoms with Gasteiger partial charge in [0.1, 0.15) is 0 Å². The minimum atomic E-state index is -0.223. The van der Waals surface area contributed by atoms with Crippen molar-refractivity contribution < 1.29 is 14.3 Å². The summed E-state index contributed by atoms with van der Waals surface area (Å²) in [6.45, 7) is 2.60. The van der Waals surface area contributed by atoms with Crippen molar-refractivity contribution in [2.75, 3.05) is 20.3 Å². The lowest BCUT2D eigenvalue weighted by atomic mass is 10.2. The van der Waals surface area contributed by atoms with Gasteiger partial charge in [0.2, 0.25) is 5.91 Å². The molecule has 0 saturated heterocycles. The molecule has 0 bridgehead atoms. The molecule has 0 fully saturated rings. The Bertz CT molecular complexity index is 448. The quantitative estimate of drug-likeness (QED) is 0.804. The first-order chi connectivity index (χ1) is 9.52. The van der Waals surface area contributed by atoms with Crippen molar-refractivity contribution >= 4 is 23.4 Å². The molecule has 2 amide bonds. The third-order valence-electron chi connectivity index (χ3n) is 2.57. The fraction of sp³-hybridized carbons (Fsp3) is 0.429. The molecule has 110 valence electrons. The zero-order valence-electron chi connectivity index (χ0n) is 11.6. The molecule has 0 radical (unpaired) electrons. The fourth-order valence-corrected chi connectivity index (χ4v) is 1.76. The maximum Gasteiger partial charge on any atom is 0.251 e. The van der Waals surface area contributed by atoms with Crippen LogP contribution in [0, 0.1) is 0 Å². The Hall–Kier alpha value is -1.59. The van der Waals surface area contributed by atoms with Crippen LogP contribution in [0.5, 0.6) is 0 Å². The number of hydrogen-bond acceptors (Lipinski definition) is 3. The molecule has 0 unspecified atom stereocenters. The highest BCUT2D eigenvalue weighted by Gasteiger charge is 2.08. The van der Waals surface area contributed by atoms with Gasteiger partial charge in [-0.2, -0.15) is 0 Å². The molecule has 0 aliphatic carbocycles. The SMILES string of the molecule is COC[C@@H](C)NC(=O)CCNC(=O)c1ccc(Cl)cc1. The van der Waals surface area contributed by atoms with E-state index in [9.17, 15) is 9.59 Å². The number of carbonyl (C=O) groups excluding carboxylic acids is 2. The lowest BCUT2D eigenvalue weighted by molar-refractivity contribution is -0.121. The maximum absolute atomic E-state index is 11.8. The van der Waals surface area contributed by atoms with Crippen LogP contribution in [0.4, 0.5) is 0 Å². The van der Waals surface area contributed by atoms with Gasteiger partial charge < -0.3 is 15.4 Å². The lowest BCUT2D eigenvalue weighted by Crippen LogP contribution is -2.37. The van der Waals surface area contributed by atoms with E-state index in [-0.39, 0.29) is 30.8 Å². The Morgan fingerprint density at radius 3 is 2.55 bits per heavy atom. The third-order valence-corrected chi connectivity index (χ3v) is 2.82. The Kier molecular flexibility index (Phi) is 7.04. The van der Waals surface area contributed by atoms with Crippen LogP contribution in [0.25, 0.3) is 0 Å². The summed E-state index contributed by atoms with van der Waals surface area (Å²) in [4.78, 5) is 23.3. The molecular formula is C14H19ClN2O3. The normalized spacial score (nSPS) is 11.8. The first kappa shape index (κ1) is 16.5. The highest BCUT2D eigenvalue weighted by atomic mass is 35.5. The molecule has 0 aromatic heterocycles. The van der Waals surface area contributed by atoms with Gasteiger partial charge in [0.25, 0.3) is 5.91 Å². The molecule has 6 heteroatoms. The standard InChI is InChI=1S/C14H19ClN2O3/c1-10(9-20-2)17-13(18)7-8-16-14(19)11-3-5-12(15)6-4-11/h3-6,10H,7-9H2,1-2H3,(H,16,19)(H,17,18)/t10-/m1/s1. The summed E-state index contributed by atoms with van der Waals surface area (Å²) in [6.07, 6.45) is 0.230. The molecule has 0 aliphatic heterocycles. The first-order valence-corrected chi connectivity index (χ1v) is 6.72. The summed E-state index contributed by atoms with van der Waals surface area (Å²) < 4.78 is 4.92. The van der Waals surface area contributed by atoms with Gasteiger partial charge in [-0.15, -0.1) is 0 Å². The zero-order chi connectivity index (χ0) is 15.0. The van der Waals surface area contributed by atoms with E-state index in [0.717, 1.165) is 0 Å². The second-order valence-corrected chi connectivity index (χ2v) is 4.87. The van der Waals surface area contributed by atoms with E-state index in [0.29, 0.717) is 17.2 Å². The van der Waals surface area contributed by atoms with Gasteiger partial charge >= 0.3 is 0 Å². The average molecular weight is 299 g/mol. The van der Waals surface area contributed by atoms with Crippen molar-refractivity contribution in [3.8, 4) is 0 Å². The molecule has 1 aromatic rings. The van der Waals surface area contributed by atoms with E-state index in [4.69, 9.17) is 16.3 Å². The Morgan fingerprint density at radius 2 is 1.95 bits per heavy atom. The molecule has 0 spiro atoms. The smallest absolute Gasteiger partial charge is 0.251 e. The molecule has 0 heterocycles. The van der Waals surface area contributed by atoms with Crippen molar-refractivity contribution in [2.45, 2.75) is 19.4 Å². The molecule has 1 aromatic carbocycles. The summed E-state index contributed by atoms with van der Waals surface area (Å²) in [7, 11) is 1.58.